The zero-order chi connectivity index (χ0) is 23.5. The first-order valence-electron chi connectivity index (χ1n) is 10.9. The second kappa shape index (κ2) is 9.87. The van der Waals surface area contributed by atoms with Crippen molar-refractivity contribution in [1.82, 2.24) is 24.6 Å². The third kappa shape index (κ3) is 4.64. The molecule has 1 aliphatic rings. The van der Waals surface area contributed by atoms with Gasteiger partial charge in [-0.3, -0.25) is 4.79 Å². The maximum Gasteiger partial charge on any atom is 0.226 e. The average molecular weight is 497 g/mol. The first-order chi connectivity index (χ1) is 16.6. The zero-order valence-corrected chi connectivity index (χ0v) is 19.8. The van der Waals surface area contributed by atoms with Crippen molar-refractivity contribution in [1.29, 1.82) is 0 Å². The minimum Gasteiger partial charge on any atom is -0.491 e. The molecule has 5 rings (SSSR count). The number of hydrogen-bond donors (Lipinski definition) is 0. The summed E-state index contributed by atoms with van der Waals surface area (Å²) in [6.07, 6.45) is 3.62. The van der Waals surface area contributed by atoms with Crippen LogP contribution in [-0.4, -0.2) is 63.3 Å². The van der Waals surface area contributed by atoms with Gasteiger partial charge in [0.2, 0.25) is 5.91 Å². The third-order valence-corrected chi connectivity index (χ3v) is 6.29. The van der Waals surface area contributed by atoms with E-state index in [0.717, 1.165) is 16.9 Å². The summed E-state index contributed by atoms with van der Waals surface area (Å²) < 4.78 is 7.41. The number of para-hydroxylation sites is 1. The molecule has 0 radical (unpaired) electrons. The van der Waals surface area contributed by atoms with Gasteiger partial charge < -0.3 is 14.5 Å². The van der Waals surface area contributed by atoms with Gasteiger partial charge >= 0.3 is 0 Å². The van der Waals surface area contributed by atoms with Crippen LogP contribution in [0.3, 0.4) is 0 Å². The van der Waals surface area contributed by atoms with Crippen molar-refractivity contribution >= 4 is 46.0 Å². The summed E-state index contributed by atoms with van der Waals surface area (Å²) in [5.41, 5.74) is 1.55. The van der Waals surface area contributed by atoms with Crippen molar-refractivity contribution in [3.63, 3.8) is 0 Å². The number of benzene rings is 2. The Morgan fingerprint density at radius 1 is 1.00 bits per heavy atom. The summed E-state index contributed by atoms with van der Waals surface area (Å²) in [4.78, 5) is 25.6. The molecule has 1 aliphatic heterocycles. The highest BCUT2D eigenvalue weighted by atomic mass is 35.5. The molecule has 0 spiro atoms. The number of fused-ring (bicyclic) bond motifs is 1. The van der Waals surface area contributed by atoms with Gasteiger partial charge in [-0.2, -0.15) is 5.10 Å². The summed E-state index contributed by atoms with van der Waals surface area (Å²) in [5, 5.41) is 6.54. The molecule has 1 amide bonds. The van der Waals surface area contributed by atoms with Crippen LogP contribution in [0.5, 0.6) is 5.75 Å². The van der Waals surface area contributed by atoms with Gasteiger partial charge in [-0.1, -0.05) is 41.4 Å². The molecule has 3 heterocycles. The van der Waals surface area contributed by atoms with Crippen molar-refractivity contribution in [2.75, 3.05) is 37.7 Å². The number of carbonyl (C=O) groups is 1. The molecule has 0 saturated carbocycles. The number of aromatic nitrogens is 4. The van der Waals surface area contributed by atoms with E-state index >= 15 is 0 Å². The number of halogens is 2. The van der Waals surface area contributed by atoms with Crippen LogP contribution in [0.15, 0.2) is 61.1 Å². The maximum absolute atomic E-state index is 12.7. The van der Waals surface area contributed by atoms with Gasteiger partial charge in [0, 0.05) is 31.2 Å². The van der Waals surface area contributed by atoms with E-state index < -0.39 is 0 Å². The lowest BCUT2D eigenvalue weighted by atomic mass is 10.2. The number of anilines is 1. The molecular weight excluding hydrogens is 475 g/mol. The Balaban J connectivity index is 1.22. The summed E-state index contributed by atoms with van der Waals surface area (Å²) in [6.45, 7) is 2.85. The first-order valence-corrected chi connectivity index (χ1v) is 11.7. The fourth-order valence-electron chi connectivity index (χ4n) is 4.02. The largest absolute Gasteiger partial charge is 0.491 e. The molecule has 0 atom stereocenters. The highest BCUT2D eigenvalue weighted by Gasteiger charge is 2.24. The molecule has 1 saturated heterocycles. The second-order valence-electron chi connectivity index (χ2n) is 7.87. The minimum atomic E-state index is 0.0633. The fraction of sp³-hybridized carbons (Fsp3) is 0.250. The molecule has 34 heavy (non-hydrogen) atoms. The van der Waals surface area contributed by atoms with Crippen LogP contribution < -0.4 is 9.64 Å². The van der Waals surface area contributed by atoms with E-state index in [2.05, 4.69) is 20.0 Å². The van der Waals surface area contributed by atoms with Gasteiger partial charge in [-0.05, 0) is 30.3 Å². The van der Waals surface area contributed by atoms with Gasteiger partial charge in [-0.15, -0.1) is 0 Å². The van der Waals surface area contributed by atoms with Crippen LogP contribution in [0.25, 0.3) is 16.7 Å². The third-order valence-electron chi connectivity index (χ3n) is 5.74. The van der Waals surface area contributed by atoms with Crippen molar-refractivity contribution in [2.24, 2.45) is 0 Å². The molecule has 10 heteroatoms. The number of hydrogen-bond acceptors (Lipinski definition) is 6. The van der Waals surface area contributed by atoms with E-state index in [1.165, 1.54) is 0 Å². The zero-order valence-electron chi connectivity index (χ0n) is 18.3. The lowest BCUT2D eigenvalue weighted by Crippen LogP contribution is -2.49. The van der Waals surface area contributed by atoms with Crippen LogP contribution >= 0.6 is 23.2 Å². The molecule has 0 bridgehead atoms. The molecule has 4 aromatic rings. The van der Waals surface area contributed by atoms with Crippen LogP contribution in [0, 0.1) is 0 Å². The summed E-state index contributed by atoms with van der Waals surface area (Å²) in [5.74, 6) is 1.47. The van der Waals surface area contributed by atoms with Crippen molar-refractivity contribution in [3.8, 4) is 11.4 Å². The van der Waals surface area contributed by atoms with Gasteiger partial charge in [0.1, 0.15) is 17.9 Å². The number of carbonyl (C=O) groups excluding carboxylic acids is 1. The summed E-state index contributed by atoms with van der Waals surface area (Å²) in [7, 11) is 0. The van der Waals surface area contributed by atoms with Gasteiger partial charge in [0.05, 0.1) is 35.3 Å². The Bertz CT molecular complexity index is 1320. The lowest BCUT2D eigenvalue weighted by molar-refractivity contribution is -0.132. The Kier molecular flexibility index (Phi) is 6.51. The Labute approximate surface area is 206 Å². The van der Waals surface area contributed by atoms with Crippen LogP contribution in [0.4, 0.5) is 5.82 Å². The minimum absolute atomic E-state index is 0.0633. The number of nitrogens with zero attached hydrogens (tertiary/aromatic N) is 6. The Hall–Kier alpha value is -3.36. The summed E-state index contributed by atoms with van der Waals surface area (Å²) in [6, 6.07) is 14.7. The quantitative estimate of drug-likeness (QED) is 0.397. The van der Waals surface area contributed by atoms with Crippen molar-refractivity contribution in [2.45, 2.75) is 6.42 Å². The highest BCUT2D eigenvalue weighted by Crippen LogP contribution is 2.27. The Morgan fingerprint density at radius 3 is 2.62 bits per heavy atom. The number of rotatable bonds is 6. The van der Waals surface area contributed by atoms with Crippen molar-refractivity contribution < 1.29 is 9.53 Å². The molecule has 174 valence electrons. The van der Waals surface area contributed by atoms with Crippen LogP contribution in [-0.2, 0) is 4.79 Å². The number of ether oxygens (including phenoxy) is 1. The van der Waals surface area contributed by atoms with Crippen LogP contribution in [0.2, 0.25) is 10.0 Å². The maximum atomic E-state index is 12.7. The molecule has 1 fully saturated rings. The molecule has 0 N–H and O–H groups in total. The van der Waals surface area contributed by atoms with Crippen molar-refractivity contribution in [3.05, 3.63) is 71.1 Å². The normalized spacial score (nSPS) is 13.9. The lowest BCUT2D eigenvalue weighted by Gasteiger charge is -2.35. The summed E-state index contributed by atoms with van der Waals surface area (Å²) >= 11 is 12.2. The number of piperazine rings is 1. The van der Waals surface area contributed by atoms with Crippen LogP contribution in [0.1, 0.15) is 6.42 Å². The molecule has 0 unspecified atom stereocenters. The fourth-order valence-corrected chi connectivity index (χ4v) is 4.39. The standard InChI is InChI=1S/C24H22Cl2N6O2/c25-17-4-3-5-18(14-17)32-24-19(15-29-32)23(27-16-28-24)31-11-9-30(10-12-31)22(33)8-13-34-21-7-2-1-6-20(21)26/h1-7,14-16H,8-13H2. The van der Waals surface area contributed by atoms with E-state index in [9.17, 15) is 4.79 Å². The first kappa shape index (κ1) is 22.4. The SMILES string of the molecule is O=C(CCOc1ccccc1Cl)N1CCN(c2ncnc3c2cnn3-c2cccc(Cl)c2)CC1. The van der Waals surface area contributed by atoms with Gasteiger partial charge in [0.15, 0.2) is 5.65 Å². The molecular formula is C24H22Cl2N6O2. The van der Waals surface area contributed by atoms with Gasteiger partial charge in [0.25, 0.3) is 0 Å². The average Bonchev–Trinajstić information content (AvgIpc) is 3.30. The topological polar surface area (TPSA) is 76.4 Å². The number of amides is 1. The molecule has 8 nitrogen and oxygen atoms in total. The van der Waals surface area contributed by atoms with E-state index in [4.69, 9.17) is 27.9 Å². The predicted molar refractivity (Wildman–Crippen MR) is 132 cm³/mol. The van der Waals surface area contributed by atoms with E-state index in [0.29, 0.717) is 54.0 Å². The molecule has 2 aromatic heterocycles. The van der Waals surface area contributed by atoms with E-state index in [-0.39, 0.29) is 12.5 Å². The van der Waals surface area contributed by atoms with Gasteiger partial charge in [-0.25, -0.2) is 14.6 Å². The molecule has 2 aromatic carbocycles. The Morgan fingerprint density at radius 2 is 1.82 bits per heavy atom. The smallest absolute Gasteiger partial charge is 0.226 e. The van der Waals surface area contributed by atoms with E-state index in [1.54, 1.807) is 29.3 Å². The predicted octanol–water partition coefficient (Wildman–Crippen LogP) is 4.24. The van der Waals surface area contributed by atoms with E-state index in [1.807, 2.05) is 41.3 Å². The highest BCUT2D eigenvalue weighted by molar-refractivity contribution is 6.32. The monoisotopic (exact) mass is 496 g/mol. The second-order valence-corrected chi connectivity index (χ2v) is 8.71. The molecule has 0 aliphatic carbocycles.